The molecule has 112 valence electrons. The van der Waals surface area contributed by atoms with E-state index in [4.69, 9.17) is 0 Å². The van der Waals surface area contributed by atoms with Crippen molar-refractivity contribution in [3.8, 4) is 0 Å². The van der Waals surface area contributed by atoms with Crippen LogP contribution in [0.15, 0.2) is 18.3 Å². The molecule has 0 aliphatic heterocycles. The second kappa shape index (κ2) is 6.53. The second-order valence-corrected chi connectivity index (χ2v) is 5.59. The number of hydrogen-bond donors (Lipinski definition) is 2. The van der Waals surface area contributed by atoms with E-state index in [2.05, 4.69) is 20.0 Å². The maximum absolute atomic E-state index is 12.3. The summed E-state index contributed by atoms with van der Waals surface area (Å²) in [6.45, 7) is 2.30. The molecule has 6 nitrogen and oxygen atoms in total. The number of hydrogen-bond acceptors (Lipinski definition) is 6. The van der Waals surface area contributed by atoms with Crippen LogP contribution in [0.3, 0.4) is 0 Å². The van der Waals surface area contributed by atoms with Gasteiger partial charge < -0.3 is 15.5 Å². The zero-order valence-corrected chi connectivity index (χ0v) is 13.4. The summed E-state index contributed by atoms with van der Waals surface area (Å²) in [7, 11) is 5.66. The summed E-state index contributed by atoms with van der Waals surface area (Å²) < 4.78 is 4.20. The molecule has 0 radical (unpaired) electrons. The molecule has 7 heteroatoms. The zero-order chi connectivity index (χ0) is 15.4. The van der Waals surface area contributed by atoms with Crippen LogP contribution in [0.4, 0.5) is 10.8 Å². The lowest BCUT2D eigenvalue weighted by Crippen LogP contribution is -2.24. The van der Waals surface area contributed by atoms with Gasteiger partial charge in [-0.1, -0.05) is 0 Å². The summed E-state index contributed by atoms with van der Waals surface area (Å²) in [5.74, 6) is 0.750. The van der Waals surface area contributed by atoms with E-state index in [1.165, 1.54) is 11.5 Å². The van der Waals surface area contributed by atoms with Gasteiger partial charge in [0.05, 0.1) is 11.3 Å². The molecule has 0 atom stereocenters. The van der Waals surface area contributed by atoms with Gasteiger partial charge in [0.1, 0.15) is 10.8 Å². The summed E-state index contributed by atoms with van der Waals surface area (Å²) in [5, 5.41) is 6.71. The van der Waals surface area contributed by atoms with E-state index in [1.54, 1.807) is 13.2 Å². The van der Waals surface area contributed by atoms with Crippen LogP contribution in [0.5, 0.6) is 0 Å². The van der Waals surface area contributed by atoms with Gasteiger partial charge in [-0.2, -0.15) is 4.37 Å². The van der Waals surface area contributed by atoms with E-state index in [-0.39, 0.29) is 5.91 Å². The smallest absolute Gasteiger partial charge is 0.256 e. The fourth-order valence-corrected chi connectivity index (χ4v) is 2.64. The maximum atomic E-state index is 12.3. The predicted molar refractivity (Wildman–Crippen MR) is 86.1 cm³/mol. The highest BCUT2D eigenvalue weighted by atomic mass is 32.1. The molecule has 0 saturated carbocycles. The van der Waals surface area contributed by atoms with Crippen LogP contribution in [0, 0.1) is 6.92 Å². The fraction of sp³-hybridized carbons (Fsp3) is 0.357. The summed E-state index contributed by atoms with van der Waals surface area (Å²) in [5.41, 5.74) is 2.36. The first kappa shape index (κ1) is 15.2. The summed E-state index contributed by atoms with van der Waals surface area (Å²) >= 11 is 1.29. The molecule has 2 N–H and O–H groups in total. The van der Waals surface area contributed by atoms with E-state index < -0.39 is 0 Å². The lowest BCUT2D eigenvalue weighted by atomic mass is 10.2. The van der Waals surface area contributed by atoms with Gasteiger partial charge in [-0.25, -0.2) is 4.98 Å². The van der Waals surface area contributed by atoms with Crippen LogP contribution in [0.1, 0.15) is 21.6 Å². The summed E-state index contributed by atoms with van der Waals surface area (Å²) in [4.78, 5) is 18.5. The SMILES string of the molecule is CNc1snc(C)c1C(=O)NCc1ccnc(N(C)C)c1. The lowest BCUT2D eigenvalue weighted by Gasteiger charge is -2.12. The molecule has 0 bridgehead atoms. The highest BCUT2D eigenvalue weighted by Crippen LogP contribution is 2.23. The van der Waals surface area contributed by atoms with Crippen LogP contribution in [0.25, 0.3) is 0 Å². The molecule has 0 saturated heterocycles. The van der Waals surface area contributed by atoms with E-state index >= 15 is 0 Å². The van der Waals surface area contributed by atoms with Gasteiger partial charge in [-0.15, -0.1) is 0 Å². The number of nitrogens with one attached hydrogen (secondary N) is 2. The van der Waals surface area contributed by atoms with Gasteiger partial charge in [0.2, 0.25) is 0 Å². The van der Waals surface area contributed by atoms with Gasteiger partial charge in [0.25, 0.3) is 5.91 Å². The van der Waals surface area contributed by atoms with Gasteiger partial charge in [-0.05, 0) is 36.2 Å². The zero-order valence-electron chi connectivity index (χ0n) is 12.6. The number of amides is 1. The lowest BCUT2D eigenvalue weighted by molar-refractivity contribution is 0.0951. The van der Waals surface area contributed by atoms with E-state index in [0.717, 1.165) is 22.1 Å². The van der Waals surface area contributed by atoms with Gasteiger partial charge in [-0.3, -0.25) is 4.79 Å². The van der Waals surface area contributed by atoms with Crippen LogP contribution in [-0.2, 0) is 6.54 Å². The Morgan fingerprint density at radius 1 is 1.43 bits per heavy atom. The first-order valence-electron chi connectivity index (χ1n) is 6.57. The molecular weight excluding hydrogens is 286 g/mol. The van der Waals surface area contributed by atoms with E-state index in [9.17, 15) is 4.79 Å². The highest BCUT2D eigenvalue weighted by Gasteiger charge is 2.17. The van der Waals surface area contributed by atoms with Crippen molar-refractivity contribution < 1.29 is 4.79 Å². The van der Waals surface area contributed by atoms with Gasteiger partial charge >= 0.3 is 0 Å². The third kappa shape index (κ3) is 3.49. The molecule has 0 fully saturated rings. The molecule has 21 heavy (non-hydrogen) atoms. The number of aromatic nitrogens is 2. The van der Waals surface area contributed by atoms with E-state index in [1.807, 2.05) is 38.1 Å². The Balaban J connectivity index is 2.07. The van der Waals surface area contributed by atoms with Crippen LogP contribution >= 0.6 is 11.5 Å². The Morgan fingerprint density at radius 2 is 2.19 bits per heavy atom. The molecule has 2 heterocycles. The van der Waals surface area contributed by atoms with Crippen molar-refractivity contribution in [2.24, 2.45) is 0 Å². The standard InChI is InChI=1S/C14H19N5OS/c1-9-12(14(15-2)21-18-9)13(20)17-8-10-5-6-16-11(7-10)19(3)4/h5-7,15H,8H2,1-4H3,(H,17,20). The number of pyridine rings is 1. The van der Waals surface area contributed by atoms with Crippen molar-refractivity contribution in [1.82, 2.24) is 14.7 Å². The molecule has 0 aliphatic rings. The molecule has 0 unspecified atom stereocenters. The third-order valence-electron chi connectivity index (χ3n) is 3.04. The van der Waals surface area contributed by atoms with Crippen LogP contribution in [0.2, 0.25) is 0 Å². The average Bonchev–Trinajstić information content (AvgIpc) is 2.86. The first-order chi connectivity index (χ1) is 10.0. The molecule has 1 amide bonds. The molecule has 2 aromatic heterocycles. The molecule has 0 aliphatic carbocycles. The first-order valence-corrected chi connectivity index (χ1v) is 7.34. The number of carbonyl (C=O) groups is 1. The van der Waals surface area contributed by atoms with Crippen molar-refractivity contribution in [3.05, 3.63) is 35.2 Å². The Hall–Kier alpha value is -2.15. The Kier molecular flexibility index (Phi) is 4.74. The monoisotopic (exact) mass is 305 g/mol. The number of anilines is 2. The van der Waals surface area contributed by atoms with E-state index in [0.29, 0.717) is 12.1 Å². The largest absolute Gasteiger partial charge is 0.378 e. The number of carbonyl (C=O) groups excluding carboxylic acids is 1. The Morgan fingerprint density at radius 3 is 2.86 bits per heavy atom. The van der Waals surface area contributed by atoms with Crippen molar-refractivity contribution >= 4 is 28.3 Å². The number of nitrogens with zero attached hydrogens (tertiary/aromatic N) is 3. The summed E-state index contributed by atoms with van der Waals surface area (Å²) in [6, 6.07) is 3.85. The predicted octanol–water partition coefficient (Wildman–Crippen LogP) is 1.88. The minimum absolute atomic E-state index is 0.117. The molecule has 2 rings (SSSR count). The molecule has 2 aromatic rings. The number of rotatable bonds is 5. The van der Waals surface area contributed by atoms with Crippen molar-refractivity contribution in [1.29, 1.82) is 0 Å². The van der Waals surface area contributed by atoms with Crippen molar-refractivity contribution in [2.75, 3.05) is 31.4 Å². The highest BCUT2D eigenvalue weighted by molar-refractivity contribution is 7.10. The minimum Gasteiger partial charge on any atom is -0.378 e. The van der Waals surface area contributed by atoms with Crippen LogP contribution in [-0.4, -0.2) is 36.4 Å². The normalized spacial score (nSPS) is 10.3. The Labute approximate surface area is 128 Å². The summed E-state index contributed by atoms with van der Waals surface area (Å²) in [6.07, 6.45) is 1.74. The minimum atomic E-state index is -0.117. The molecule has 0 spiro atoms. The Bertz CT molecular complexity index is 638. The topological polar surface area (TPSA) is 70.1 Å². The quantitative estimate of drug-likeness (QED) is 0.882. The average molecular weight is 305 g/mol. The second-order valence-electron chi connectivity index (χ2n) is 4.82. The van der Waals surface area contributed by atoms with Gasteiger partial charge in [0, 0.05) is 33.9 Å². The number of aryl methyl sites for hydroxylation is 1. The molecule has 0 aromatic carbocycles. The maximum Gasteiger partial charge on any atom is 0.256 e. The third-order valence-corrected chi connectivity index (χ3v) is 3.99. The van der Waals surface area contributed by atoms with Gasteiger partial charge in [0.15, 0.2) is 0 Å². The van der Waals surface area contributed by atoms with Crippen molar-refractivity contribution in [2.45, 2.75) is 13.5 Å². The molecular formula is C14H19N5OS. The fourth-order valence-electron chi connectivity index (χ4n) is 1.89. The van der Waals surface area contributed by atoms with Crippen LogP contribution < -0.4 is 15.5 Å². The van der Waals surface area contributed by atoms with Crippen molar-refractivity contribution in [3.63, 3.8) is 0 Å².